The first-order chi connectivity index (χ1) is 12.0. The monoisotopic (exact) mass is 335 g/mol. The van der Waals surface area contributed by atoms with Crippen molar-refractivity contribution in [2.75, 3.05) is 0 Å². The normalized spacial score (nSPS) is 18.6. The quantitative estimate of drug-likeness (QED) is 0.795. The Labute approximate surface area is 147 Å². The molecule has 0 radical (unpaired) electrons. The highest BCUT2D eigenvalue weighted by molar-refractivity contribution is 6.23. The summed E-state index contributed by atoms with van der Waals surface area (Å²) in [7, 11) is 0. The molecule has 1 aliphatic carbocycles. The number of nitrogens with zero attached hydrogens (tertiary/aromatic N) is 1. The summed E-state index contributed by atoms with van der Waals surface area (Å²) in [5.41, 5.74) is 3.52. The maximum absolute atomic E-state index is 12.6. The van der Waals surface area contributed by atoms with Crippen molar-refractivity contribution in [3.05, 3.63) is 71.0 Å². The molecule has 0 saturated heterocycles. The van der Waals surface area contributed by atoms with E-state index in [0.29, 0.717) is 24.1 Å². The van der Waals surface area contributed by atoms with Crippen LogP contribution in [0.25, 0.3) is 0 Å². The number of carbonyl (C=O) groups excluding carboxylic acids is 1. The summed E-state index contributed by atoms with van der Waals surface area (Å²) in [6.45, 7) is 3.71. The lowest BCUT2D eigenvalue weighted by Gasteiger charge is -2.24. The van der Waals surface area contributed by atoms with Gasteiger partial charge in [0.05, 0.1) is 17.0 Å². The van der Waals surface area contributed by atoms with Crippen LogP contribution in [-0.2, 0) is 4.79 Å². The van der Waals surface area contributed by atoms with E-state index in [0.717, 1.165) is 16.8 Å². The zero-order chi connectivity index (χ0) is 18.0. The molecule has 4 nitrogen and oxygen atoms in total. The van der Waals surface area contributed by atoms with Gasteiger partial charge in [0.2, 0.25) is 0 Å². The first-order valence-corrected chi connectivity index (χ1v) is 8.31. The second-order valence-corrected chi connectivity index (χ2v) is 6.43. The number of aliphatic hydroxyl groups excluding tert-OH is 1. The minimum atomic E-state index is -0.130. The average molecular weight is 335 g/mol. The minimum Gasteiger partial charge on any atom is -0.511 e. The Bertz CT molecular complexity index is 880. The molecule has 3 rings (SSSR count). The standard InChI is InChI=1S/C21H21NO3/c1-13-6-3-4-9-18(13)22-14(2)21-19(24)11-16(12-20(21)25)15-7-5-8-17(23)10-15/h3-10,16,23-24H,11-12H2,1-2H3. The fourth-order valence-electron chi connectivity index (χ4n) is 3.24. The van der Waals surface area contributed by atoms with Crippen LogP contribution < -0.4 is 0 Å². The van der Waals surface area contributed by atoms with Crippen molar-refractivity contribution >= 4 is 17.2 Å². The van der Waals surface area contributed by atoms with Gasteiger partial charge < -0.3 is 10.2 Å². The number of phenols is 1. The lowest BCUT2D eigenvalue weighted by Crippen LogP contribution is -2.22. The number of ketones is 1. The maximum Gasteiger partial charge on any atom is 0.168 e. The fraction of sp³-hybridized carbons (Fsp3) is 0.238. The van der Waals surface area contributed by atoms with Crippen molar-refractivity contribution in [1.82, 2.24) is 0 Å². The molecular weight excluding hydrogens is 314 g/mol. The Kier molecular flexibility index (Phi) is 4.70. The molecule has 1 atom stereocenters. The van der Waals surface area contributed by atoms with E-state index in [1.807, 2.05) is 37.3 Å². The number of aliphatic imine (C=N–C) groups is 1. The molecule has 128 valence electrons. The second kappa shape index (κ2) is 6.93. The third kappa shape index (κ3) is 3.63. The van der Waals surface area contributed by atoms with Crippen LogP contribution in [0, 0.1) is 6.92 Å². The van der Waals surface area contributed by atoms with Crippen molar-refractivity contribution in [3.8, 4) is 5.75 Å². The number of hydrogen-bond donors (Lipinski definition) is 2. The summed E-state index contributed by atoms with van der Waals surface area (Å²) < 4.78 is 0. The molecule has 0 bridgehead atoms. The summed E-state index contributed by atoms with van der Waals surface area (Å²) >= 11 is 0. The molecule has 2 aromatic rings. The van der Waals surface area contributed by atoms with Gasteiger partial charge in [-0.05, 0) is 49.1 Å². The molecule has 0 saturated carbocycles. The van der Waals surface area contributed by atoms with Gasteiger partial charge in [0.1, 0.15) is 11.5 Å². The summed E-state index contributed by atoms with van der Waals surface area (Å²) in [6.07, 6.45) is 0.661. The first-order valence-electron chi connectivity index (χ1n) is 8.31. The topological polar surface area (TPSA) is 69.9 Å². The van der Waals surface area contributed by atoms with Crippen molar-refractivity contribution in [2.24, 2.45) is 4.99 Å². The van der Waals surface area contributed by atoms with E-state index in [2.05, 4.69) is 4.99 Å². The van der Waals surface area contributed by atoms with Crippen LogP contribution in [0.2, 0.25) is 0 Å². The second-order valence-electron chi connectivity index (χ2n) is 6.43. The lowest BCUT2D eigenvalue weighted by atomic mass is 9.81. The van der Waals surface area contributed by atoms with Crippen LogP contribution in [0.3, 0.4) is 0 Å². The molecule has 4 heteroatoms. The van der Waals surface area contributed by atoms with Crippen LogP contribution in [0.5, 0.6) is 5.75 Å². The summed E-state index contributed by atoms with van der Waals surface area (Å²) in [4.78, 5) is 17.2. The molecule has 25 heavy (non-hydrogen) atoms. The highest BCUT2D eigenvalue weighted by Crippen LogP contribution is 2.35. The Morgan fingerprint density at radius 2 is 1.84 bits per heavy atom. The molecule has 0 heterocycles. The number of phenolic OH excluding ortho intramolecular Hbond substituents is 1. The number of para-hydroxylation sites is 1. The van der Waals surface area contributed by atoms with Crippen LogP contribution in [0.4, 0.5) is 5.69 Å². The van der Waals surface area contributed by atoms with E-state index in [1.54, 1.807) is 25.1 Å². The van der Waals surface area contributed by atoms with Gasteiger partial charge in [-0.15, -0.1) is 0 Å². The Morgan fingerprint density at radius 3 is 2.52 bits per heavy atom. The molecule has 1 unspecified atom stereocenters. The van der Waals surface area contributed by atoms with Gasteiger partial charge >= 0.3 is 0 Å². The molecule has 0 amide bonds. The number of aliphatic hydroxyl groups is 1. The van der Waals surface area contributed by atoms with Gasteiger partial charge in [-0.25, -0.2) is 0 Å². The lowest BCUT2D eigenvalue weighted by molar-refractivity contribution is -0.116. The predicted molar refractivity (Wildman–Crippen MR) is 98.7 cm³/mol. The van der Waals surface area contributed by atoms with Crippen molar-refractivity contribution in [1.29, 1.82) is 0 Å². The highest BCUT2D eigenvalue weighted by atomic mass is 16.3. The highest BCUT2D eigenvalue weighted by Gasteiger charge is 2.30. The molecule has 2 N–H and O–H groups in total. The third-order valence-electron chi connectivity index (χ3n) is 4.55. The summed E-state index contributed by atoms with van der Waals surface area (Å²) in [5, 5.41) is 20.1. The van der Waals surface area contributed by atoms with Gasteiger partial charge in [-0.3, -0.25) is 9.79 Å². The maximum atomic E-state index is 12.6. The molecule has 0 fully saturated rings. The smallest absolute Gasteiger partial charge is 0.168 e. The van der Waals surface area contributed by atoms with Gasteiger partial charge in [0.25, 0.3) is 0 Å². The van der Waals surface area contributed by atoms with E-state index in [-0.39, 0.29) is 23.2 Å². The number of aryl methyl sites for hydroxylation is 1. The van der Waals surface area contributed by atoms with Crippen molar-refractivity contribution in [3.63, 3.8) is 0 Å². The van der Waals surface area contributed by atoms with Gasteiger partial charge in [-0.2, -0.15) is 0 Å². The number of Topliss-reactive ketones (excluding diaryl/α,β-unsaturated/α-hetero) is 1. The van der Waals surface area contributed by atoms with Crippen molar-refractivity contribution in [2.45, 2.75) is 32.6 Å². The van der Waals surface area contributed by atoms with Gasteiger partial charge in [0.15, 0.2) is 5.78 Å². The Balaban J connectivity index is 1.91. The number of rotatable bonds is 3. The van der Waals surface area contributed by atoms with E-state index in [9.17, 15) is 15.0 Å². The molecule has 2 aromatic carbocycles. The molecule has 1 aliphatic rings. The third-order valence-corrected chi connectivity index (χ3v) is 4.55. The van der Waals surface area contributed by atoms with E-state index in [4.69, 9.17) is 0 Å². The summed E-state index contributed by atoms with van der Waals surface area (Å²) in [5.74, 6) is -0.0162. The van der Waals surface area contributed by atoms with Crippen LogP contribution in [-0.4, -0.2) is 21.7 Å². The minimum absolute atomic E-state index is 0.0689. The molecular formula is C21H21NO3. The van der Waals surface area contributed by atoms with Gasteiger partial charge in [0, 0.05) is 12.8 Å². The summed E-state index contributed by atoms with van der Waals surface area (Å²) in [6, 6.07) is 14.5. The Hall–Kier alpha value is -2.88. The molecule has 0 spiro atoms. The largest absolute Gasteiger partial charge is 0.511 e. The predicted octanol–water partition coefficient (Wildman–Crippen LogP) is 4.75. The average Bonchev–Trinajstić information content (AvgIpc) is 2.56. The van der Waals surface area contributed by atoms with Gasteiger partial charge in [-0.1, -0.05) is 30.3 Å². The van der Waals surface area contributed by atoms with E-state index < -0.39 is 0 Å². The zero-order valence-electron chi connectivity index (χ0n) is 14.4. The van der Waals surface area contributed by atoms with E-state index in [1.165, 1.54) is 0 Å². The molecule has 0 aromatic heterocycles. The fourth-order valence-corrected chi connectivity index (χ4v) is 3.24. The SMILES string of the molecule is CC(=Nc1ccccc1C)C1=C(O)CC(c2cccc(O)c2)CC1=O. The number of allylic oxidation sites excluding steroid dienone is 2. The Morgan fingerprint density at radius 1 is 1.08 bits per heavy atom. The number of benzene rings is 2. The van der Waals surface area contributed by atoms with Crippen LogP contribution in [0.15, 0.2) is 64.9 Å². The number of carbonyl (C=O) groups is 1. The van der Waals surface area contributed by atoms with E-state index >= 15 is 0 Å². The van der Waals surface area contributed by atoms with Crippen molar-refractivity contribution < 1.29 is 15.0 Å². The zero-order valence-corrected chi connectivity index (χ0v) is 14.4. The first kappa shape index (κ1) is 17.0. The number of hydrogen-bond acceptors (Lipinski definition) is 4. The van der Waals surface area contributed by atoms with Crippen LogP contribution in [0.1, 0.15) is 36.8 Å². The van der Waals surface area contributed by atoms with Crippen LogP contribution >= 0.6 is 0 Å². The number of aromatic hydroxyl groups is 1. The molecule has 0 aliphatic heterocycles.